The van der Waals surface area contributed by atoms with E-state index in [4.69, 9.17) is 0 Å². The van der Waals surface area contributed by atoms with E-state index in [-0.39, 0.29) is 0 Å². The second-order valence-electron chi connectivity index (χ2n) is 5.95. The van der Waals surface area contributed by atoms with Crippen LogP contribution in [0.2, 0.25) is 0 Å². The molecule has 0 radical (unpaired) electrons. The van der Waals surface area contributed by atoms with Gasteiger partial charge in [0.05, 0.1) is 30.2 Å². The van der Waals surface area contributed by atoms with Crippen LogP contribution in [-0.4, -0.2) is 44.6 Å². The third kappa shape index (κ3) is 4.20. The van der Waals surface area contributed by atoms with Gasteiger partial charge in [0.15, 0.2) is 0 Å². The van der Waals surface area contributed by atoms with Crippen LogP contribution < -0.4 is 9.62 Å². The third-order valence-electron chi connectivity index (χ3n) is 4.11. The molecule has 0 bridgehead atoms. The van der Waals surface area contributed by atoms with Gasteiger partial charge in [-0.25, -0.2) is 8.42 Å². The van der Waals surface area contributed by atoms with E-state index in [0.717, 1.165) is 28.6 Å². The average Bonchev–Trinajstić information content (AvgIpc) is 3.03. The first-order valence-electron chi connectivity index (χ1n) is 8.14. The number of hydrogen-bond donors (Lipinski definition) is 2. The lowest BCUT2D eigenvalue weighted by atomic mass is 10.1. The predicted molar refractivity (Wildman–Crippen MR) is 106 cm³/mol. The number of sulfonamides is 1. The molecule has 7 nitrogen and oxygen atoms in total. The van der Waals surface area contributed by atoms with Gasteiger partial charge < -0.3 is 10.3 Å². The molecule has 3 aromatic rings. The summed E-state index contributed by atoms with van der Waals surface area (Å²) in [7, 11) is -1.73. The van der Waals surface area contributed by atoms with Gasteiger partial charge in [-0.3, -0.25) is 14.3 Å². The maximum absolute atomic E-state index is 11.7. The zero-order valence-electron chi connectivity index (χ0n) is 14.7. The molecule has 1 aromatic carbocycles. The smallest absolute Gasteiger partial charge is 0.231 e. The van der Waals surface area contributed by atoms with Crippen molar-refractivity contribution >= 4 is 38.6 Å². The predicted octanol–water partition coefficient (Wildman–Crippen LogP) is 2.64. The van der Waals surface area contributed by atoms with Gasteiger partial charge in [-0.1, -0.05) is 0 Å². The molecule has 0 saturated heterocycles. The van der Waals surface area contributed by atoms with Gasteiger partial charge in [0.25, 0.3) is 0 Å². The second-order valence-corrected chi connectivity index (χ2v) is 7.96. The van der Waals surface area contributed by atoms with Crippen LogP contribution in [-0.2, 0) is 16.4 Å². The number of nitrogens with one attached hydrogen (secondary N) is 2. The number of pyridine rings is 1. The van der Waals surface area contributed by atoms with E-state index in [1.165, 1.54) is 10.6 Å². The lowest BCUT2D eigenvalue weighted by Crippen LogP contribution is -2.24. The summed E-state index contributed by atoms with van der Waals surface area (Å²) in [5.41, 5.74) is 3.60. The van der Waals surface area contributed by atoms with Gasteiger partial charge >= 0.3 is 0 Å². The van der Waals surface area contributed by atoms with Crippen LogP contribution in [0.1, 0.15) is 5.56 Å². The van der Waals surface area contributed by atoms with Crippen molar-refractivity contribution in [3.05, 3.63) is 54.5 Å². The Morgan fingerprint density at radius 3 is 2.92 bits per heavy atom. The SMILES string of the molecule is CN(c1ccc2[nH]cc(CCN=CNc3cccnc3)c2c1)S(C)(=O)=O. The molecule has 0 aliphatic heterocycles. The molecule has 2 heterocycles. The molecule has 2 aromatic heterocycles. The number of aromatic amines is 1. The molecule has 8 heteroatoms. The lowest BCUT2D eigenvalue weighted by Gasteiger charge is -2.16. The van der Waals surface area contributed by atoms with E-state index in [1.807, 2.05) is 30.5 Å². The summed E-state index contributed by atoms with van der Waals surface area (Å²) in [5, 5.41) is 4.08. The number of rotatable bonds is 7. The van der Waals surface area contributed by atoms with Crippen molar-refractivity contribution < 1.29 is 8.42 Å². The first kappa shape index (κ1) is 17.9. The van der Waals surface area contributed by atoms with E-state index in [1.54, 1.807) is 31.8 Å². The van der Waals surface area contributed by atoms with Gasteiger partial charge in [0.2, 0.25) is 10.0 Å². The normalized spacial score (nSPS) is 11.9. The van der Waals surface area contributed by atoms with Gasteiger partial charge in [-0.15, -0.1) is 0 Å². The number of anilines is 2. The molecule has 2 N–H and O–H groups in total. The highest BCUT2D eigenvalue weighted by atomic mass is 32.2. The minimum atomic E-state index is -3.28. The van der Waals surface area contributed by atoms with Crippen LogP contribution >= 0.6 is 0 Å². The number of H-pyrrole nitrogens is 1. The van der Waals surface area contributed by atoms with Crippen molar-refractivity contribution in [3.63, 3.8) is 0 Å². The molecule has 0 spiro atoms. The molecule has 3 rings (SSSR count). The van der Waals surface area contributed by atoms with Gasteiger partial charge in [-0.2, -0.15) is 0 Å². The third-order valence-corrected chi connectivity index (χ3v) is 5.31. The zero-order chi connectivity index (χ0) is 18.6. The fraction of sp³-hybridized carbons (Fsp3) is 0.222. The van der Waals surface area contributed by atoms with E-state index in [2.05, 4.69) is 20.3 Å². The second kappa shape index (κ2) is 7.57. The van der Waals surface area contributed by atoms with Crippen molar-refractivity contribution in [2.75, 3.05) is 29.5 Å². The Kier molecular flexibility index (Phi) is 5.22. The van der Waals surface area contributed by atoms with Gasteiger partial charge in [-0.05, 0) is 42.3 Å². The van der Waals surface area contributed by atoms with Crippen LogP contribution in [0.15, 0.2) is 53.9 Å². The number of aromatic nitrogens is 2. The van der Waals surface area contributed by atoms with E-state index >= 15 is 0 Å². The maximum Gasteiger partial charge on any atom is 0.231 e. The molecule has 0 amide bonds. The molecule has 0 unspecified atom stereocenters. The van der Waals surface area contributed by atoms with Gasteiger partial charge in [0.1, 0.15) is 0 Å². The molecule has 0 saturated carbocycles. The van der Waals surface area contributed by atoms with Crippen molar-refractivity contribution in [1.29, 1.82) is 0 Å². The quantitative estimate of drug-likeness (QED) is 0.493. The number of benzene rings is 1. The summed E-state index contributed by atoms with van der Waals surface area (Å²) < 4.78 is 24.8. The molecule has 0 aliphatic rings. The summed E-state index contributed by atoms with van der Waals surface area (Å²) >= 11 is 0. The van der Waals surface area contributed by atoms with E-state index < -0.39 is 10.0 Å². The Labute approximate surface area is 152 Å². The topological polar surface area (TPSA) is 90.4 Å². The molecular weight excluding hydrogens is 350 g/mol. The lowest BCUT2D eigenvalue weighted by molar-refractivity contribution is 0.600. The summed E-state index contributed by atoms with van der Waals surface area (Å²) in [5.74, 6) is 0. The molecule has 0 aliphatic carbocycles. The van der Waals surface area contributed by atoms with Crippen molar-refractivity contribution in [1.82, 2.24) is 9.97 Å². The van der Waals surface area contributed by atoms with Gasteiger partial charge in [0, 0.05) is 36.9 Å². The highest BCUT2D eigenvalue weighted by Crippen LogP contribution is 2.25. The minimum Gasteiger partial charge on any atom is -0.361 e. The van der Waals surface area contributed by atoms with E-state index in [9.17, 15) is 8.42 Å². The van der Waals surface area contributed by atoms with Crippen LogP contribution in [0.5, 0.6) is 0 Å². The number of nitrogens with zero attached hydrogens (tertiary/aromatic N) is 3. The fourth-order valence-electron chi connectivity index (χ4n) is 2.58. The highest BCUT2D eigenvalue weighted by molar-refractivity contribution is 7.92. The summed E-state index contributed by atoms with van der Waals surface area (Å²) in [6.07, 6.45) is 8.99. The molecule has 0 atom stereocenters. The average molecular weight is 371 g/mol. The largest absolute Gasteiger partial charge is 0.361 e. The Morgan fingerprint density at radius 2 is 2.19 bits per heavy atom. The van der Waals surface area contributed by atoms with Crippen LogP contribution in [0.4, 0.5) is 11.4 Å². The van der Waals surface area contributed by atoms with Crippen LogP contribution in [0.3, 0.4) is 0 Å². The Hall–Kier alpha value is -2.87. The van der Waals surface area contributed by atoms with Crippen LogP contribution in [0.25, 0.3) is 10.9 Å². The number of hydrogen-bond acceptors (Lipinski definition) is 4. The van der Waals surface area contributed by atoms with Crippen LogP contribution in [0, 0.1) is 0 Å². The maximum atomic E-state index is 11.7. The Balaban J connectivity index is 1.68. The first-order valence-corrected chi connectivity index (χ1v) is 9.99. The fourth-order valence-corrected chi connectivity index (χ4v) is 3.07. The molecular formula is C18H21N5O2S. The summed E-state index contributed by atoms with van der Waals surface area (Å²) in [4.78, 5) is 11.6. The monoisotopic (exact) mass is 371 g/mol. The van der Waals surface area contributed by atoms with Crippen molar-refractivity contribution in [3.8, 4) is 0 Å². The number of aliphatic imine (C=N–C) groups is 1. The molecule has 26 heavy (non-hydrogen) atoms. The highest BCUT2D eigenvalue weighted by Gasteiger charge is 2.13. The summed E-state index contributed by atoms with van der Waals surface area (Å²) in [6, 6.07) is 9.34. The molecule has 136 valence electrons. The molecule has 0 fully saturated rings. The van der Waals surface area contributed by atoms with Crippen molar-refractivity contribution in [2.24, 2.45) is 4.99 Å². The van der Waals surface area contributed by atoms with E-state index in [0.29, 0.717) is 12.2 Å². The van der Waals surface area contributed by atoms with Crippen molar-refractivity contribution in [2.45, 2.75) is 6.42 Å². The first-order chi connectivity index (χ1) is 12.4. The standard InChI is InChI=1S/C18H21N5O2S/c1-23(26(2,24)25)16-5-6-18-17(10-16)14(11-21-18)7-9-20-13-22-15-4-3-8-19-12-15/h3-6,8,10-13,21H,7,9H2,1-2H3,(H,20,22). The Bertz CT molecular complexity index is 1010. The zero-order valence-corrected chi connectivity index (χ0v) is 15.5. The summed E-state index contributed by atoms with van der Waals surface area (Å²) in [6.45, 7) is 0.617. The number of fused-ring (bicyclic) bond motifs is 1. The minimum absolute atomic E-state index is 0.617. The Morgan fingerprint density at radius 1 is 1.35 bits per heavy atom.